The SMILES string of the molecule is O=C(CC(c1ccccc1)C(O)c1ccccc1)c1ccc2c(c1)OCO2. The van der Waals surface area contributed by atoms with E-state index in [9.17, 15) is 9.90 Å². The molecule has 0 saturated carbocycles. The lowest BCUT2D eigenvalue weighted by atomic mass is 9.84. The van der Waals surface area contributed by atoms with Crippen LogP contribution >= 0.6 is 0 Å². The number of carbonyl (C=O) groups is 1. The van der Waals surface area contributed by atoms with Crippen LogP contribution < -0.4 is 9.47 Å². The van der Waals surface area contributed by atoms with Gasteiger partial charge in [-0.3, -0.25) is 4.79 Å². The third kappa shape index (κ3) is 3.71. The Hall–Kier alpha value is -3.11. The molecule has 3 aromatic rings. The van der Waals surface area contributed by atoms with Crippen molar-refractivity contribution in [2.75, 3.05) is 6.79 Å². The second-order valence-electron chi connectivity index (χ2n) is 6.57. The zero-order chi connectivity index (χ0) is 18.6. The molecule has 2 unspecified atom stereocenters. The van der Waals surface area contributed by atoms with Crippen molar-refractivity contribution < 1.29 is 19.4 Å². The van der Waals surface area contributed by atoms with Gasteiger partial charge >= 0.3 is 0 Å². The number of aliphatic hydroxyl groups is 1. The zero-order valence-electron chi connectivity index (χ0n) is 14.7. The van der Waals surface area contributed by atoms with Crippen molar-refractivity contribution in [3.8, 4) is 11.5 Å². The van der Waals surface area contributed by atoms with E-state index in [0.717, 1.165) is 11.1 Å². The fourth-order valence-corrected chi connectivity index (χ4v) is 3.38. The minimum absolute atomic E-state index is 0.0443. The standard InChI is InChI=1S/C23H20O4/c24-20(18-11-12-21-22(13-18)27-15-26-21)14-19(16-7-3-1-4-8-16)23(25)17-9-5-2-6-10-17/h1-13,19,23,25H,14-15H2. The summed E-state index contributed by atoms with van der Waals surface area (Å²) in [6, 6.07) is 24.3. The average molecular weight is 360 g/mol. The molecule has 0 saturated heterocycles. The van der Waals surface area contributed by atoms with Gasteiger partial charge in [0.05, 0.1) is 6.10 Å². The molecule has 1 aliphatic rings. The summed E-state index contributed by atoms with van der Waals surface area (Å²) in [6.45, 7) is 0.173. The van der Waals surface area contributed by atoms with E-state index in [2.05, 4.69) is 0 Å². The summed E-state index contributed by atoms with van der Waals surface area (Å²) in [4.78, 5) is 13.0. The first kappa shape index (κ1) is 17.3. The summed E-state index contributed by atoms with van der Waals surface area (Å²) in [5.74, 6) is 0.847. The monoisotopic (exact) mass is 360 g/mol. The molecular formula is C23H20O4. The highest BCUT2D eigenvalue weighted by molar-refractivity contribution is 5.97. The van der Waals surface area contributed by atoms with Gasteiger partial charge in [-0.25, -0.2) is 0 Å². The highest BCUT2D eigenvalue weighted by atomic mass is 16.7. The number of ether oxygens (including phenoxy) is 2. The van der Waals surface area contributed by atoms with Crippen LogP contribution in [0.3, 0.4) is 0 Å². The van der Waals surface area contributed by atoms with Crippen LogP contribution in [0.15, 0.2) is 78.9 Å². The van der Waals surface area contributed by atoms with Crippen LogP contribution in [0.5, 0.6) is 11.5 Å². The number of benzene rings is 3. The molecule has 1 aliphatic heterocycles. The molecule has 0 aromatic heterocycles. The fourth-order valence-electron chi connectivity index (χ4n) is 3.38. The van der Waals surface area contributed by atoms with Crippen molar-refractivity contribution in [1.82, 2.24) is 0 Å². The summed E-state index contributed by atoms with van der Waals surface area (Å²) in [5, 5.41) is 11.0. The zero-order valence-corrected chi connectivity index (χ0v) is 14.7. The lowest BCUT2D eigenvalue weighted by Crippen LogP contribution is -2.15. The lowest BCUT2D eigenvalue weighted by molar-refractivity contribution is 0.0903. The maximum atomic E-state index is 13.0. The number of carbonyl (C=O) groups excluding carboxylic acids is 1. The molecule has 0 fully saturated rings. The second kappa shape index (κ2) is 7.64. The number of ketones is 1. The summed E-state index contributed by atoms with van der Waals surface area (Å²) in [6.07, 6.45) is -0.578. The number of hydrogen-bond acceptors (Lipinski definition) is 4. The van der Waals surface area contributed by atoms with E-state index in [0.29, 0.717) is 17.1 Å². The lowest BCUT2D eigenvalue weighted by Gasteiger charge is -2.23. The van der Waals surface area contributed by atoms with E-state index < -0.39 is 6.10 Å². The largest absolute Gasteiger partial charge is 0.454 e. The Bertz CT molecular complexity index is 922. The van der Waals surface area contributed by atoms with Gasteiger partial charge in [0.15, 0.2) is 17.3 Å². The molecular weight excluding hydrogens is 340 g/mol. The number of rotatable bonds is 6. The second-order valence-corrected chi connectivity index (χ2v) is 6.57. The van der Waals surface area contributed by atoms with E-state index in [1.165, 1.54) is 0 Å². The molecule has 1 heterocycles. The van der Waals surface area contributed by atoms with Gasteiger partial charge in [-0.15, -0.1) is 0 Å². The molecule has 27 heavy (non-hydrogen) atoms. The summed E-state index contributed by atoms with van der Waals surface area (Å²) < 4.78 is 10.7. The summed E-state index contributed by atoms with van der Waals surface area (Å²) in [7, 11) is 0. The van der Waals surface area contributed by atoms with Gasteiger partial charge < -0.3 is 14.6 Å². The Morgan fingerprint density at radius 1 is 0.852 bits per heavy atom. The first-order valence-corrected chi connectivity index (χ1v) is 8.93. The van der Waals surface area contributed by atoms with E-state index in [-0.39, 0.29) is 24.9 Å². The molecule has 2 atom stereocenters. The van der Waals surface area contributed by atoms with Crippen LogP contribution in [-0.2, 0) is 0 Å². The van der Waals surface area contributed by atoms with E-state index in [4.69, 9.17) is 9.47 Å². The highest BCUT2D eigenvalue weighted by Crippen LogP contribution is 2.37. The van der Waals surface area contributed by atoms with Crippen LogP contribution in [0.25, 0.3) is 0 Å². The molecule has 136 valence electrons. The number of Topliss-reactive ketones (excluding diaryl/α,β-unsaturated/α-hetero) is 1. The highest BCUT2D eigenvalue weighted by Gasteiger charge is 2.26. The quantitative estimate of drug-likeness (QED) is 0.658. The van der Waals surface area contributed by atoms with Gasteiger partial charge in [0.2, 0.25) is 6.79 Å². The Kier molecular flexibility index (Phi) is 4.90. The molecule has 4 heteroatoms. The molecule has 0 bridgehead atoms. The average Bonchev–Trinajstić information content (AvgIpc) is 3.20. The maximum Gasteiger partial charge on any atom is 0.231 e. The van der Waals surface area contributed by atoms with Crippen molar-refractivity contribution in [2.24, 2.45) is 0 Å². The summed E-state index contributed by atoms with van der Waals surface area (Å²) in [5.41, 5.74) is 2.29. The van der Waals surface area contributed by atoms with Crippen molar-refractivity contribution in [2.45, 2.75) is 18.4 Å². The fraction of sp³-hybridized carbons (Fsp3) is 0.174. The van der Waals surface area contributed by atoms with Crippen molar-refractivity contribution in [3.63, 3.8) is 0 Å². The molecule has 3 aromatic carbocycles. The first-order valence-electron chi connectivity index (χ1n) is 8.93. The van der Waals surface area contributed by atoms with Gasteiger partial charge in [0.1, 0.15) is 0 Å². The Morgan fingerprint density at radius 3 is 2.19 bits per heavy atom. The van der Waals surface area contributed by atoms with Crippen LogP contribution in [0.1, 0.15) is 39.9 Å². The number of hydrogen-bond donors (Lipinski definition) is 1. The van der Waals surface area contributed by atoms with Crippen LogP contribution in [0.2, 0.25) is 0 Å². The Morgan fingerprint density at radius 2 is 1.48 bits per heavy atom. The minimum Gasteiger partial charge on any atom is -0.454 e. The summed E-state index contributed by atoms with van der Waals surface area (Å²) >= 11 is 0. The van der Waals surface area contributed by atoms with Gasteiger partial charge in [0.25, 0.3) is 0 Å². The van der Waals surface area contributed by atoms with Crippen LogP contribution in [0.4, 0.5) is 0 Å². The Labute approximate surface area is 158 Å². The predicted octanol–water partition coefficient (Wildman–Crippen LogP) is 4.51. The van der Waals surface area contributed by atoms with E-state index >= 15 is 0 Å². The normalized spacial score (nSPS) is 14.6. The number of aliphatic hydroxyl groups excluding tert-OH is 1. The van der Waals surface area contributed by atoms with Crippen LogP contribution in [0, 0.1) is 0 Å². The molecule has 0 aliphatic carbocycles. The molecule has 4 rings (SSSR count). The van der Waals surface area contributed by atoms with Crippen molar-refractivity contribution >= 4 is 5.78 Å². The maximum absolute atomic E-state index is 13.0. The van der Waals surface area contributed by atoms with Gasteiger partial charge in [-0.1, -0.05) is 60.7 Å². The Balaban J connectivity index is 1.62. The van der Waals surface area contributed by atoms with Crippen LogP contribution in [-0.4, -0.2) is 17.7 Å². The van der Waals surface area contributed by atoms with E-state index in [1.807, 2.05) is 60.7 Å². The molecule has 1 N–H and O–H groups in total. The van der Waals surface area contributed by atoms with Gasteiger partial charge in [-0.05, 0) is 29.3 Å². The molecule has 4 nitrogen and oxygen atoms in total. The van der Waals surface area contributed by atoms with Gasteiger partial charge in [-0.2, -0.15) is 0 Å². The van der Waals surface area contributed by atoms with E-state index in [1.54, 1.807) is 18.2 Å². The van der Waals surface area contributed by atoms with Crippen molar-refractivity contribution in [1.29, 1.82) is 0 Å². The third-order valence-corrected chi connectivity index (χ3v) is 4.85. The van der Waals surface area contributed by atoms with Crippen molar-refractivity contribution in [3.05, 3.63) is 95.6 Å². The third-order valence-electron chi connectivity index (χ3n) is 4.85. The first-order chi connectivity index (χ1) is 13.2. The number of fused-ring (bicyclic) bond motifs is 1. The molecule has 0 spiro atoms. The topological polar surface area (TPSA) is 55.8 Å². The molecule has 0 radical (unpaired) electrons. The smallest absolute Gasteiger partial charge is 0.231 e. The van der Waals surface area contributed by atoms with Gasteiger partial charge in [0, 0.05) is 17.9 Å². The minimum atomic E-state index is -0.772. The predicted molar refractivity (Wildman–Crippen MR) is 102 cm³/mol. The molecule has 0 amide bonds.